The van der Waals surface area contributed by atoms with Gasteiger partial charge in [0.25, 0.3) is 5.91 Å². The van der Waals surface area contributed by atoms with Crippen molar-refractivity contribution >= 4 is 5.91 Å². The predicted molar refractivity (Wildman–Crippen MR) is 124 cm³/mol. The van der Waals surface area contributed by atoms with Crippen LogP contribution in [0.5, 0.6) is 23.0 Å². The number of amides is 1. The standard InChI is InChI=1S/C26H28N2O5/c1-17(2)25(19-4-7-22-24(14-19)32-13-12-31-22)28-26(29)20-5-6-21(30-3)23(15-20)33-16-18-8-10-27-11-9-18/h4-11,14-15,17,25H,12-13,16H2,1-3H3,(H,28,29). The third-order valence-electron chi connectivity index (χ3n) is 5.45. The zero-order valence-electron chi connectivity index (χ0n) is 19.0. The van der Waals surface area contributed by atoms with Crippen molar-refractivity contribution in [3.05, 3.63) is 77.6 Å². The Kier molecular flexibility index (Phi) is 6.98. The van der Waals surface area contributed by atoms with E-state index >= 15 is 0 Å². The Balaban J connectivity index is 1.52. The van der Waals surface area contributed by atoms with Crippen LogP contribution in [0, 0.1) is 5.92 Å². The molecule has 0 saturated heterocycles. The van der Waals surface area contributed by atoms with Crippen LogP contribution >= 0.6 is 0 Å². The summed E-state index contributed by atoms with van der Waals surface area (Å²) in [4.78, 5) is 17.2. The highest BCUT2D eigenvalue weighted by molar-refractivity contribution is 5.95. The second-order valence-electron chi connectivity index (χ2n) is 8.11. The van der Waals surface area contributed by atoms with Gasteiger partial charge in [-0.1, -0.05) is 19.9 Å². The molecule has 33 heavy (non-hydrogen) atoms. The number of rotatable bonds is 8. The van der Waals surface area contributed by atoms with Crippen LogP contribution in [0.1, 0.15) is 41.4 Å². The molecule has 1 N–H and O–H groups in total. The van der Waals surface area contributed by atoms with Gasteiger partial charge < -0.3 is 24.3 Å². The minimum atomic E-state index is -0.198. The molecule has 0 saturated carbocycles. The molecule has 0 fully saturated rings. The van der Waals surface area contributed by atoms with Gasteiger partial charge in [-0.25, -0.2) is 0 Å². The SMILES string of the molecule is COc1ccc(C(=O)NC(c2ccc3c(c2)OCCO3)C(C)C)cc1OCc1ccncc1. The number of hydrogen-bond donors (Lipinski definition) is 1. The van der Waals surface area contributed by atoms with Gasteiger partial charge in [0.1, 0.15) is 19.8 Å². The Labute approximate surface area is 193 Å². The molecule has 0 spiro atoms. The molecule has 172 valence electrons. The van der Waals surface area contributed by atoms with Crippen molar-refractivity contribution in [2.75, 3.05) is 20.3 Å². The summed E-state index contributed by atoms with van der Waals surface area (Å²) in [5.74, 6) is 2.47. The molecule has 1 aromatic heterocycles. The van der Waals surface area contributed by atoms with Crippen LogP contribution in [0.4, 0.5) is 0 Å². The number of carbonyl (C=O) groups excluding carboxylic acids is 1. The second-order valence-corrected chi connectivity index (χ2v) is 8.11. The van der Waals surface area contributed by atoms with Crippen molar-refractivity contribution < 1.29 is 23.7 Å². The number of benzene rings is 2. The minimum absolute atomic E-state index is 0.164. The summed E-state index contributed by atoms with van der Waals surface area (Å²) in [7, 11) is 1.57. The van der Waals surface area contributed by atoms with Crippen LogP contribution in [0.15, 0.2) is 60.9 Å². The summed E-state index contributed by atoms with van der Waals surface area (Å²) in [5.41, 5.74) is 2.43. The van der Waals surface area contributed by atoms with Gasteiger partial charge in [-0.05, 0) is 59.5 Å². The Bertz CT molecular complexity index is 1100. The van der Waals surface area contributed by atoms with Crippen LogP contribution in [0.2, 0.25) is 0 Å². The lowest BCUT2D eigenvalue weighted by Gasteiger charge is -2.25. The maximum atomic E-state index is 13.2. The lowest BCUT2D eigenvalue weighted by molar-refractivity contribution is 0.0924. The quantitative estimate of drug-likeness (QED) is 0.544. The average Bonchev–Trinajstić information content (AvgIpc) is 2.85. The molecule has 1 aliphatic heterocycles. The van der Waals surface area contributed by atoms with E-state index in [0.29, 0.717) is 42.6 Å². The zero-order valence-corrected chi connectivity index (χ0v) is 19.0. The lowest BCUT2D eigenvalue weighted by atomic mass is 9.95. The number of pyridine rings is 1. The Morgan fingerprint density at radius 1 is 1.00 bits per heavy atom. The van der Waals surface area contributed by atoms with Crippen molar-refractivity contribution in [1.29, 1.82) is 0 Å². The maximum Gasteiger partial charge on any atom is 0.251 e. The summed E-state index contributed by atoms with van der Waals surface area (Å²) < 4.78 is 22.7. The van der Waals surface area contributed by atoms with E-state index in [1.165, 1.54) is 0 Å². The highest BCUT2D eigenvalue weighted by Gasteiger charge is 2.22. The van der Waals surface area contributed by atoms with Crippen LogP contribution in [-0.4, -0.2) is 31.2 Å². The normalized spacial score (nSPS) is 13.3. The highest BCUT2D eigenvalue weighted by atomic mass is 16.6. The summed E-state index contributed by atoms with van der Waals surface area (Å²) >= 11 is 0. The molecule has 1 aliphatic rings. The monoisotopic (exact) mass is 448 g/mol. The van der Waals surface area contributed by atoms with E-state index in [4.69, 9.17) is 18.9 Å². The molecule has 1 amide bonds. The van der Waals surface area contributed by atoms with Gasteiger partial charge >= 0.3 is 0 Å². The number of nitrogens with one attached hydrogen (secondary N) is 1. The molecule has 0 radical (unpaired) electrons. The van der Waals surface area contributed by atoms with E-state index in [1.807, 2.05) is 30.3 Å². The van der Waals surface area contributed by atoms with Gasteiger partial charge in [0.2, 0.25) is 0 Å². The largest absolute Gasteiger partial charge is 0.493 e. The third-order valence-corrected chi connectivity index (χ3v) is 5.45. The first kappa shape index (κ1) is 22.5. The van der Waals surface area contributed by atoms with E-state index in [1.54, 1.807) is 37.7 Å². The van der Waals surface area contributed by atoms with Gasteiger partial charge in [0.15, 0.2) is 23.0 Å². The maximum absolute atomic E-state index is 13.2. The van der Waals surface area contributed by atoms with E-state index in [9.17, 15) is 4.79 Å². The smallest absolute Gasteiger partial charge is 0.251 e. The summed E-state index contributed by atoms with van der Waals surface area (Å²) in [6.45, 7) is 5.54. The number of carbonyl (C=O) groups is 1. The van der Waals surface area contributed by atoms with E-state index in [2.05, 4.69) is 24.1 Å². The summed E-state index contributed by atoms with van der Waals surface area (Å²) in [5, 5.41) is 3.15. The van der Waals surface area contributed by atoms with Crippen LogP contribution in [0.25, 0.3) is 0 Å². The first-order chi connectivity index (χ1) is 16.0. The number of ether oxygens (including phenoxy) is 4. The van der Waals surface area contributed by atoms with Crippen LogP contribution < -0.4 is 24.3 Å². The number of aromatic nitrogens is 1. The fourth-order valence-electron chi connectivity index (χ4n) is 3.68. The molecular weight excluding hydrogens is 420 g/mol. The van der Waals surface area contributed by atoms with Crippen molar-refractivity contribution in [3.63, 3.8) is 0 Å². The van der Waals surface area contributed by atoms with E-state index in [0.717, 1.165) is 16.9 Å². The number of hydrogen-bond acceptors (Lipinski definition) is 6. The highest BCUT2D eigenvalue weighted by Crippen LogP contribution is 2.35. The first-order valence-corrected chi connectivity index (χ1v) is 11.0. The molecule has 2 aromatic carbocycles. The summed E-state index contributed by atoms with van der Waals surface area (Å²) in [6.07, 6.45) is 3.42. The summed E-state index contributed by atoms with van der Waals surface area (Å²) in [6, 6.07) is 14.5. The molecule has 1 unspecified atom stereocenters. The Morgan fingerprint density at radius 3 is 2.48 bits per heavy atom. The first-order valence-electron chi connectivity index (χ1n) is 11.0. The van der Waals surface area contributed by atoms with Crippen molar-refractivity contribution in [1.82, 2.24) is 10.3 Å². The zero-order chi connectivity index (χ0) is 23.2. The fraction of sp³-hybridized carbons (Fsp3) is 0.308. The number of nitrogens with zero attached hydrogens (tertiary/aromatic N) is 1. The lowest BCUT2D eigenvalue weighted by Crippen LogP contribution is -2.32. The van der Waals surface area contributed by atoms with Crippen molar-refractivity contribution in [2.45, 2.75) is 26.5 Å². The van der Waals surface area contributed by atoms with Crippen LogP contribution in [0.3, 0.4) is 0 Å². The van der Waals surface area contributed by atoms with Crippen molar-refractivity contribution in [3.8, 4) is 23.0 Å². The Hall–Kier alpha value is -3.74. The van der Waals surface area contributed by atoms with Gasteiger partial charge in [-0.2, -0.15) is 0 Å². The van der Waals surface area contributed by atoms with E-state index in [-0.39, 0.29) is 17.9 Å². The average molecular weight is 449 g/mol. The van der Waals surface area contributed by atoms with Crippen LogP contribution in [-0.2, 0) is 6.61 Å². The minimum Gasteiger partial charge on any atom is -0.493 e. The molecule has 0 bridgehead atoms. The topological polar surface area (TPSA) is 78.9 Å². The van der Waals surface area contributed by atoms with Gasteiger partial charge in [-0.3, -0.25) is 9.78 Å². The molecule has 7 nitrogen and oxygen atoms in total. The molecule has 2 heterocycles. The number of fused-ring (bicyclic) bond motifs is 1. The molecule has 7 heteroatoms. The van der Waals surface area contributed by atoms with E-state index < -0.39 is 0 Å². The molecular formula is C26H28N2O5. The second kappa shape index (κ2) is 10.3. The molecule has 1 atom stereocenters. The van der Waals surface area contributed by atoms with Gasteiger partial charge in [0.05, 0.1) is 13.2 Å². The molecule has 0 aliphatic carbocycles. The Morgan fingerprint density at radius 2 is 1.76 bits per heavy atom. The van der Waals surface area contributed by atoms with Crippen molar-refractivity contribution in [2.24, 2.45) is 5.92 Å². The predicted octanol–water partition coefficient (Wildman–Crippen LogP) is 4.57. The van der Waals surface area contributed by atoms with Gasteiger partial charge in [0, 0.05) is 18.0 Å². The molecule has 4 rings (SSSR count). The number of methoxy groups -OCH3 is 1. The molecule has 3 aromatic rings. The third kappa shape index (κ3) is 5.37. The fourth-order valence-corrected chi connectivity index (χ4v) is 3.68. The van der Waals surface area contributed by atoms with Gasteiger partial charge in [-0.15, -0.1) is 0 Å².